The summed E-state index contributed by atoms with van der Waals surface area (Å²) in [7, 11) is 0. The maximum atomic E-state index is 11.8. The predicted molar refractivity (Wildman–Crippen MR) is 79.5 cm³/mol. The van der Waals surface area contributed by atoms with Gasteiger partial charge >= 0.3 is 5.69 Å². The fraction of sp³-hybridized carbons (Fsp3) is 0.214. The zero-order chi connectivity index (χ0) is 15.2. The molecule has 0 spiro atoms. The van der Waals surface area contributed by atoms with Crippen LogP contribution in [0, 0.1) is 10.1 Å². The van der Waals surface area contributed by atoms with Crippen LogP contribution in [-0.2, 0) is 4.79 Å². The Morgan fingerprint density at radius 3 is 2.81 bits per heavy atom. The molecule has 1 aromatic heterocycles. The van der Waals surface area contributed by atoms with E-state index >= 15 is 0 Å². The summed E-state index contributed by atoms with van der Waals surface area (Å²) in [4.78, 5) is 23.1. The maximum absolute atomic E-state index is 11.8. The van der Waals surface area contributed by atoms with Crippen LogP contribution in [0.25, 0.3) is 0 Å². The molecule has 0 aliphatic rings. The summed E-state index contributed by atoms with van der Waals surface area (Å²) < 4.78 is 5.23. The zero-order valence-corrected chi connectivity index (χ0v) is 12.1. The van der Waals surface area contributed by atoms with Crippen LogP contribution in [0.1, 0.15) is 17.8 Å². The second-order valence-electron chi connectivity index (χ2n) is 4.32. The van der Waals surface area contributed by atoms with E-state index in [1.54, 1.807) is 23.5 Å². The summed E-state index contributed by atoms with van der Waals surface area (Å²) in [5.74, 6) is -0.240. The number of hydrogen-bond acceptors (Lipinski definition) is 5. The summed E-state index contributed by atoms with van der Waals surface area (Å²) in [5.41, 5.74) is -0.156. The normalized spacial score (nSPS) is 11.7. The highest BCUT2D eigenvalue weighted by atomic mass is 32.1. The number of para-hydroxylation sites is 2. The summed E-state index contributed by atoms with van der Waals surface area (Å²) in [6.45, 7) is 1.61. The van der Waals surface area contributed by atoms with Crippen LogP contribution >= 0.6 is 11.3 Å². The summed E-state index contributed by atoms with van der Waals surface area (Å²) in [6, 6.07) is 9.69. The van der Waals surface area contributed by atoms with E-state index in [1.165, 1.54) is 12.1 Å². The van der Waals surface area contributed by atoms with E-state index in [1.807, 2.05) is 24.4 Å². The highest BCUT2D eigenvalue weighted by Crippen LogP contribution is 2.25. The Hall–Kier alpha value is -2.41. The van der Waals surface area contributed by atoms with Gasteiger partial charge in [-0.05, 0) is 24.4 Å². The van der Waals surface area contributed by atoms with Crippen molar-refractivity contribution in [3.8, 4) is 5.75 Å². The number of hydrogen-bond donors (Lipinski definition) is 1. The van der Waals surface area contributed by atoms with Crippen LogP contribution in [-0.4, -0.2) is 17.4 Å². The molecule has 1 N–H and O–H groups in total. The van der Waals surface area contributed by atoms with Gasteiger partial charge in [-0.3, -0.25) is 14.9 Å². The highest BCUT2D eigenvalue weighted by Gasteiger charge is 2.16. The summed E-state index contributed by atoms with van der Waals surface area (Å²) >= 11 is 1.55. The molecular formula is C14H14N2O4S. The van der Waals surface area contributed by atoms with Crippen LogP contribution in [0.2, 0.25) is 0 Å². The molecule has 1 heterocycles. The first kappa shape index (κ1) is 15.0. The lowest BCUT2D eigenvalue weighted by Gasteiger charge is -2.12. The molecule has 0 bridgehead atoms. The highest BCUT2D eigenvalue weighted by molar-refractivity contribution is 7.10. The first-order valence-corrected chi connectivity index (χ1v) is 7.15. The number of carbonyl (C=O) groups is 1. The smallest absolute Gasteiger partial charge is 0.310 e. The molecule has 21 heavy (non-hydrogen) atoms. The van der Waals surface area contributed by atoms with Gasteiger partial charge in [0, 0.05) is 10.9 Å². The average Bonchev–Trinajstić information content (AvgIpc) is 2.99. The van der Waals surface area contributed by atoms with Crippen molar-refractivity contribution in [2.45, 2.75) is 13.0 Å². The molecule has 0 radical (unpaired) electrons. The van der Waals surface area contributed by atoms with Gasteiger partial charge < -0.3 is 10.1 Å². The number of amides is 1. The second kappa shape index (κ2) is 6.85. The first-order chi connectivity index (χ1) is 10.1. The number of nitro benzene ring substituents is 1. The second-order valence-corrected chi connectivity index (χ2v) is 5.30. The van der Waals surface area contributed by atoms with E-state index in [0.717, 1.165) is 4.88 Å². The average molecular weight is 306 g/mol. The van der Waals surface area contributed by atoms with Gasteiger partial charge in [0.25, 0.3) is 5.91 Å². The number of rotatable bonds is 6. The van der Waals surface area contributed by atoms with Crippen LogP contribution in [0.15, 0.2) is 41.8 Å². The van der Waals surface area contributed by atoms with Gasteiger partial charge in [-0.2, -0.15) is 0 Å². The molecule has 0 aliphatic heterocycles. The molecule has 0 saturated heterocycles. The molecule has 0 aliphatic carbocycles. The lowest BCUT2D eigenvalue weighted by Crippen LogP contribution is -2.30. The molecule has 0 unspecified atom stereocenters. The third kappa shape index (κ3) is 4.03. The predicted octanol–water partition coefficient (Wildman–Crippen LogP) is 2.91. The van der Waals surface area contributed by atoms with Crippen molar-refractivity contribution in [2.24, 2.45) is 0 Å². The standard InChI is InChI=1S/C14H14N2O4S/c1-10(13-7-4-8-21-13)15-14(17)9-20-12-6-3-2-5-11(12)16(18)19/h2-8,10H,9H2,1H3,(H,15,17)/t10-/m1/s1. The van der Waals surface area contributed by atoms with E-state index in [4.69, 9.17) is 4.74 Å². The fourth-order valence-electron chi connectivity index (χ4n) is 1.77. The van der Waals surface area contributed by atoms with Gasteiger partial charge in [0.15, 0.2) is 12.4 Å². The molecule has 0 saturated carbocycles. The Balaban J connectivity index is 1.91. The first-order valence-electron chi connectivity index (χ1n) is 6.27. The van der Waals surface area contributed by atoms with Crippen molar-refractivity contribution in [3.63, 3.8) is 0 Å². The monoisotopic (exact) mass is 306 g/mol. The molecule has 6 nitrogen and oxygen atoms in total. The van der Waals surface area contributed by atoms with Gasteiger partial charge in [-0.25, -0.2) is 0 Å². The van der Waals surface area contributed by atoms with Crippen LogP contribution < -0.4 is 10.1 Å². The molecule has 2 rings (SSSR count). The number of nitro groups is 1. The topological polar surface area (TPSA) is 81.5 Å². The summed E-state index contributed by atoms with van der Waals surface area (Å²) in [5, 5.41) is 15.5. The van der Waals surface area contributed by atoms with E-state index in [0.29, 0.717) is 0 Å². The van der Waals surface area contributed by atoms with Crippen LogP contribution in [0.3, 0.4) is 0 Å². The van der Waals surface area contributed by atoms with E-state index in [9.17, 15) is 14.9 Å². The van der Waals surface area contributed by atoms with Crippen molar-refractivity contribution in [1.82, 2.24) is 5.32 Å². The van der Waals surface area contributed by atoms with Gasteiger partial charge in [0.05, 0.1) is 11.0 Å². The van der Waals surface area contributed by atoms with E-state index < -0.39 is 4.92 Å². The van der Waals surface area contributed by atoms with Gasteiger partial charge in [0.1, 0.15) is 0 Å². The Morgan fingerprint density at radius 1 is 1.38 bits per heavy atom. The minimum atomic E-state index is -0.540. The number of benzene rings is 1. The van der Waals surface area contributed by atoms with Gasteiger partial charge in [-0.1, -0.05) is 18.2 Å². The number of carbonyl (C=O) groups excluding carboxylic acids is 1. The molecular weight excluding hydrogens is 292 g/mol. The third-order valence-electron chi connectivity index (χ3n) is 2.77. The number of thiophene rings is 1. The molecule has 110 valence electrons. The zero-order valence-electron chi connectivity index (χ0n) is 11.3. The molecule has 1 amide bonds. The molecule has 1 atom stereocenters. The fourth-order valence-corrected chi connectivity index (χ4v) is 2.50. The maximum Gasteiger partial charge on any atom is 0.310 e. The minimum absolute atomic E-state index is 0.0847. The molecule has 2 aromatic rings. The Labute approximate surface area is 125 Å². The molecule has 0 fully saturated rings. The minimum Gasteiger partial charge on any atom is -0.477 e. The van der Waals surface area contributed by atoms with E-state index in [-0.39, 0.29) is 30.0 Å². The SMILES string of the molecule is C[C@@H](NC(=O)COc1ccccc1[N+](=O)[O-])c1cccs1. The molecule has 1 aromatic carbocycles. The van der Waals surface area contributed by atoms with Crippen molar-refractivity contribution >= 4 is 22.9 Å². The van der Waals surface area contributed by atoms with E-state index in [2.05, 4.69) is 5.32 Å². The largest absolute Gasteiger partial charge is 0.477 e. The van der Waals surface area contributed by atoms with Gasteiger partial charge in [0.2, 0.25) is 0 Å². The van der Waals surface area contributed by atoms with Crippen molar-refractivity contribution in [1.29, 1.82) is 0 Å². The van der Waals surface area contributed by atoms with Crippen LogP contribution in [0.4, 0.5) is 5.69 Å². The quantitative estimate of drug-likeness (QED) is 0.657. The number of nitrogens with one attached hydrogen (secondary N) is 1. The summed E-state index contributed by atoms with van der Waals surface area (Å²) in [6.07, 6.45) is 0. The lowest BCUT2D eigenvalue weighted by atomic mass is 10.3. The Kier molecular flexibility index (Phi) is 4.89. The van der Waals surface area contributed by atoms with Crippen molar-refractivity contribution in [3.05, 3.63) is 56.8 Å². The lowest BCUT2D eigenvalue weighted by molar-refractivity contribution is -0.385. The van der Waals surface area contributed by atoms with Crippen molar-refractivity contribution in [2.75, 3.05) is 6.61 Å². The molecule has 7 heteroatoms. The van der Waals surface area contributed by atoms with Gasteiger partial charge in [-0.15, -0.1) is 11.3 Å². The Bertz CT molecular complexity index is 628. The van der Waals surface area contributed by atoms with Crippen LogP contribution in [0.5, 0.6) is 5.75 Å². The number of nitrogens with zero attached hydrogens (tertiary/aromatic N) is 1. The third-order valence-corrected chi connectivity index (χ3v) is 3.82. The number of ether oxygens (including phenoxy) is 1. The van der Waals surface area contributed by atoms with Crippen molar-refractivity contribution < 1.29 is 14.5 Å². The Morgan fingerprint density at radius 2 is 2.14 bits per heavy atom.